The summed E-state index contributed by atoms with van der Waals surface area (Å²) in [5.74, 6) is -1.69. The summed E-state index contributed by atoms with van der Waals surface area (Å²) in [7, 11) is 7.93. The summed E-state index contributed by atoms with van der Waals surface area (Å²) in [6, 6.07) is 41.4. The molecule has 8 aromatic heterocycles. The third kappa shape index (κ3) is 11.1. The fourth-order valence-corrected chi connectivity index (χ4v) is 5.92. The summed E-state index contributed by atoms with van der Waals surface area (Å²) < 4.78 is 51.1. The van der Waals surface area contributed by atoms with Gasteiger partial charge in [0, 0.05) is 52.2 Å². The van der Waals surface area contributed by atoms with Crippen LogP contribution in [0.3, 0.4) is 0 Å². The number of pyridine rings is 6. The Kier molecular flexibility index (Phi) is 16.1. The number of aromatic nitrogens is 8. The average Bonchev–Trinajstić information content (AvgIpc) is 3.83. The Balaban J connectivity index is 0.000000155. The molecule has 16 heteroatoms. The third-order valence-corrected chi connectivity index (χ3v) is 8.81. The van der Waals surface area contributed by atoms with Crippen molar-refractivity contribution in [3.8, 4) is 22.5 Å². The number of hydrogen-bond donors (Lipinski definition) is 0. The zero-order valence-electron chi connectivity index (χ0n) is 33.3. The van der Waals surface area contributed by atoms with E-state index in [9.17, 15) is 17.6 Å². The summed E-state index contributed by atoms with van der Waals surface area (Å²) in [6.45, 7) is 0. The number of hydrogen-bond acceptors (Lipinski definition) is 8. The van der Waals surface area contributed by atoms with Gasteiger partial charge in [0.25, 0.3) is 0 Å². The Morgan fingerprint density at radius 1 is 0.452 bits per heavy atom. The Morgan fingerprint density at radius 3 is 1.19 bits per heavy atom. The second-order valence-corrected chi connectivity index (χ2v) is 13.3. The zero-order valence-corrected chi connectivity index (χ0v) is 37.9. The van der Waals surface area contributed by atoms with E-state index in [1.165, 1.54) is 23.2 Å². The SMILES string of the molecule is CN(C)c1ccc2c(n1)[n-]c1ccccc12.CN(C)c1ccc2c(n1)[n-]c1ccccc12.Fc1c[c-]c(-c2ccccn2)c(F)n1.Fc1c[c-]c(-c2ccccn2)c(F)n1.[Pt+2].[Pt+2]. The van der Waals surface area contributed by atoms with Crippen LogP contribution in [0.2, 0.25) is 0 Å². The smallest absolute Gasteiger partial charge is 0.435 e. The molecule has 62 heavy (non-hydrogen) atoms. The second kappa shape index (κ2) is 21.4. The molecule has 0 aliphatic heterocycles. The van der Waals surface area contributed by atoms with E-state index in [2.05, 4.69) is 76.3 Å². The van der Waals surface area contributed by atoms with Crippen molar-refractivity contribution in [2.45, 2.75) is 0 Å². The first-order valence-corrected chi connectivity index (χ1v) is 18.3. The molecule has 0 unspecified atom stereocenters. The van der Waals surface area contributed by atoms with Gasteiger partial charge in [0.05, 0.1) is 0 Å². The summed E-state index contributed by atoms with van der Waals surface area (Å²) >= 11 is 0. The minimum absolute atomic E-state index is 0. The van der Waals surface area contributed by atoms with E-state index in [4.69, 9.17) is 0 Å². The fourth-order valence-electron chi connectivity index (χ4n) is 5.92. The van der Waals surface area contributed by atoms with Crippen LogP contribution in [0.1, 0.15) is 0 Å². The molecule has 0 fully saturated rings. The van der Waals surface area contributed by atoms with Gasteiger partial charge in [-0.2, -0.15) is 0 Å². The minimum Gasteiger partial charge on any atom is -0.435 e. The van der Waals surface area contributed by atoms with Crippen molar-refractivity contribution in [3.63, 3.8) is 0 Å². The van der Waals surface area contributed by atoms with Gasteiger partial charge in [-0.1, -0.05) is 108 Å². The molecule has 0 saturated carbocycles. The van der Waals surface area contributed by atoms with E-state index in [0.717, 1.165) is 56.9 Å². The summed E-state index contributed by atoms with van der Waals surface area (Å²) in [5.41, 5.74) is 4.61. The van der Waals surface area contributed by atoms with Gasteiger partial charge in [-0.25, -0.2) is 17.6 Å². The molecule has 10 rings (SSSR count). The normalized spacial score (nSPS) is 10.3. The van der Waals surface area contributed by atoms with Gasteiger partial charge in [0.2, 0.25) is 0 Å². The predicted octanol–water partition coefficient (Wildman–Crippen LogP) is 9.26. The van der Waals surface area contributed by atoms with E-state index in [1.54, 1.807) is 36.4 Å². The standard InChI is InChI=1S/2C13H12N3.2C10H5F2N2.2Pt/c2*1-16(2)12-8-7-10-9-5-3-4-6-11(9)14-13(10)15-12;2*11-9-5-4-7(10(12)14-9)8-3-1-2-6-13-8;;/h2*3-8H,1-2H3;2*1-3,5-6H;;/q4*-1;2*+2. The Hall–Kier alpha value is -6.36. The molecular formula is C46H34F4N10Pt2. The molecule has 0 radical (unpaired) electrons. The second-order valence-electron chi connectivity index (χ2n) is 13.3. The molecule has 316 valence electrons. The molecule has 10 nitrogen and oxygen atoms in total. The van der Waals surface area contributed by atoms with Crippen molar-refractivity contribution < 1.29 is 59.7 Å². The fraction of sp³-hybridized carbons (Fsp3) is 0.0870. The molecule has 2 aromatic carbocycles. The molecule has 0 atom stereocenters. The van der Waals surface area contributed by atoms with E-state index < -0.39 is 23.8 Å². The third-order valence-electron chi connectivity index (χ3n) is 8.81. The molecule has 0 spiro atoms. The van der Waals surface area contributed by atoms with Crippen molar-refractivity contribution in [2.24, 2.45) is 0 Å². The van der Waals surface area contributed by atoms with Crippen LogP contribution < -0.4 is 19.8 Å². The topological polar surface area (TPSA) is 112 Å². The van der Waals surface area contributed by atoms with Gasteiger partial charge in [0.1, 0.15) is 23.8 Å². The molecule has 0 aliphatic rings. The first-order valence-electron chi connectivity index (χ1n) is 18.3. The van der Waals surface area contributed by atoms with Crippen LogP contribution in [-0.2, 0) is 42.1 Å². The summed E-state index contributed by atoms with van der Waals surface area (Å²) in [6.07, 6.45) is 3.04. The summed E-state index contributed by atoms with van der Waals surface area (Å²) in [4.78, 5) is 36.0. The van der Waals surface area contributed by atoms with Gasteiger partial charge in [0.15, 0.2) is 0 Å². The number of fused-ring (bicyclic) bond motifs is 6. The van der Waals surface area contributed by atoms with Gasteiger partial charge in [-0.15, -0.1) is 12.1 Å². The van der Waals surface area contributed by atoms with Gasteiger partial charge < -0.3 is 39.7 Å². The first-order chi connectivity index (χ1) is 29.0. The Bertz CT molecular complexity index is 2820. The largest absolute Gasteiger partial charge is 2.00 e. The number of benzene rings is 2. The summed E-state index contributed by atoms with van der Waals surface area (Å²) in [5, 5.41) is 4.60. The van der Waals surface area contributed by atoms with Crippen LogP contribution in [-0.4, -0.2) is 58.1 Å². The molecular weight excluding hydrogens is 1160 g/mol. The average molecular weight is 1190 g/mol. The van der Waals surface area contributed by atoms with Crippen LogP contribution in [0.25, 0.3) is 66.4 Å². The van der Waals surface area contributed by atoms with E-state index in [0.29, 0.717) is 11.4 Å². The predicted molar refractivity (Wildman–Crippen MR) is 226 cm³/mol. The Labute approximate surface area is 383 Å². The molecule has 0 N–H and O–H groups in total. The van der Waals surface area contributed by atoms with E-state index in [-0.39, 0.29) is 53.3 Å². The van der Waals surface area contributed by atoms with Crippen LogP contribution in [0, 0.1) is 35.9 Å². The molecule has 0 aliphatic carbocycles. The van der Waals surface area contributed by atoms with Crippen LogP contribution in [0.5, 0.6) is 0 Å². The molecule has 0 bridgehead atoms. The maximum Gasteiger partial charge on any atom is 2.00 e. The van der Waals surface area contributed by atoms with Crippen molar-refractivity contribution in [1.29, 1.82) is 0 Å². The van der Waals surface area contributed by atoms with Crippen molar-refractivity contribution in [2.75, 3.05) is 38.0 Å². The number of rotatable bonds is 4. The number of halogens is 4. The molecule has 8 heterocycles. The quantitative estimate of drug-likeness (QED) is 0.0961. The van der Waals surface area contributed by atoms with E-state index >= 15 is 0 Å². The van der Waals surface area contributed by atoms with Crippen molar-refractivity contribution >= 4 is 55.5 Å². The number of anilines is 2. The monoisotopic (exact) mass is 1190 g/mol. The van der Waals surface area contributed by atoms with Gasteiger partial charge >= 0.3 is 42.1 Å². The number of nitrogens with zero attached hydrogens (tertiary/aromatic N) is 10. The number of para-hydroxylation sites is 2. The van der Waals surface area contributed by atoms with Crippen LogP contribution >= 0.6 is 0 Å². The van der Waals surface area contributed by atoms with E-state index in [1.807, 2.05) is 86.5 Å². The Morgan fingerprint density at radius 2 is 0.839 bits per heavy atom. The maximum atomic E-state index is 13.1. The molecule has 0 amide bonds. The minimum atomic E-state index is -0.899. The van der Waals surface area contributed by atoms with Crippen LogP contribution in [0.4, 0.5) is 29.2 Å². The molecule has 10 aromatic rings. The van der Waals surface area contributed by atoms with Crippen molar-refractivity contribution in [3.05, 3.63) is 170 Å². The maximum absolute atomic E-state index is 13.1. The van der Waals surface area contributed by atoms with Gasteiger partial charge in [-0.3, -0.25) is 9.97 Å². The first kappa shape index (κ1) is 46.7. The van der Waals surface area contributed by atoms with Crippen LogP contribution in [0.15, 0.2) is 134 Å². The molecule has 0 saturated heterocycles. The van der Waals surface area contributed by atoms with Crippen molar-refractivity contribution in [1.82, 2.24) is 39.9 Å². The van der Waals surface area contributed by atoms with Gasteiger partial charge in [-0.05, 0) is 79.5 Å². The zero-order chi connectivity index (χ0) is 42.2.